The smallest absolute Gasteiger partial charge is 0.255 e. The SMILES string of the molecule is CCSc1ccccc1NC(=O)c1cc(Br)cc(Br)c1. The van der Waals surface area contributed by atoms with E-state index in [-0.39, 0.29) is 5.91 Å². The zero-order valence-electron chi connectivity index (χ0n) is 10.8. The number of hydrogen-bond donors (Lipinski definition) is 1. The number of hydrogen-bond acceptors (Lipinski definition) is 2. The molecule has 2 aromatic carbocycles. The minimum Gasteiger partial charge on any atom is -0.321 e. The van der Waals surface area contributed by atoms with Crippen molar-refractivity contribution < 1.29 is 4.79 Å². The number of anilines is 1. The van der Waals surface area contributed by atoms with E-state index >= 15 is 0 Å². The number of halogens is 2. The first-order valence-electron chi connectivity index (χ1n) is 6.09. The molecule has 0 aliphatic rings. The standard InChI is InChI=1S/C15H13Br2NOS/c1-2-20-14-6-4-3-5-13(14)18-15(19)10-7-11(16)9-12(17)8-10/h3-9H,2H2,1H3,(H,18,19). The Balaban J connectivity index is 2.23. The molecule has 0 heterocycles. The first kappa shape index (κ1) is 15.6. The van der Waals surface area contributed by atoms with Crippen molar-refractivity contribution in [3.05, 3.63) is 57.0 Å². The summed E-state index contributed by atoms with van der Waals surface area (Å²) in [6, 6.07) is 13.3. The number of carbonyl (C=O) groups excluding carboxylic acids is 1. The van der Waals surface area contributed by atoms with Crippen LogP contribution in [0.1, 0.15) is 17.3 Å². The molecule has 5 heteroatoms. The van der Waals surface area contributed by atoms with Gasteiger partial charge in [0.15, 0.2) is 0 Å². The molecule has 0 unspecified atom stereocenters. The van der Waals surface area contributed by atoms with Gasteiger partial charge in [0.05, 0.1) is 5.69 Å². The molecule has 2 nitrogen and oxygen atoms in total. The molecule has 20 heavy (non-hydrogen) atoms. The highest BCUT2D eigenvalue weighted by atomic mass is 79.9. The lowest BCUT2D eigenvalue weighted by molar-refractivity contribution is 0.102. The summed E-state index contributed by atoms with van der Waals surface area (Å²) in [4.78, 5) is 13.4. The van der Waals surface area contributed by atoms with Crippen LogP contribution in [-0.4, -0.2) is 11.7 Å². The second-order valence-electron chi connectivity index (χ2n) is 4.04. The van der Waals surface area contributed by atoms with Crippen molar-refractivity contribution in [1.82, 2.24) is 0 Å². The van der Waals surface area contributed by atoms with Gasteiger partial charge in [0.25, 0.3) is 5.91 Å². The zero-order chi connectivity index (χ0) is 14.5. The molecule has 0 aliphatic heterocycles. The van der Waals surface area contributed by atoms with Crippen LogP contribution >= 0.6 is 43.6 Å². The second kappa shape index (κ2) is 7.29. The summed E-state index contributed by atoms with van der Waals surface area (Å²) < 4.78 is 1.74. The van der Waals surface area contributed by atoms with Crippen LogP contribution in [0.4, 0.5) is 5.69 Å². The Hall–Kier alpha value is -0.780. The molecule has 0 radical (unpaired) electrons. The summed E-state index contributed by atoms with van der Waals surface area (Å²) in [5.41, 5.74) is 1.46. The molecule has 0 saturated carbocycles. The van der Waals surface area contributed by atoms with Crippen molar-refractivity contribution in [2.45, 2.75) is 11.8 Å². The van der Waals surface area contributed by atoms with Gasteiger partial charge >= 0.3 is 0 Å². The van der Waals surface area contributed by atoms with Crippen molar-refractivity contribution in [2.24, 2.45) is 0 Å². The van der Waals surface area contributed by atoms with Crippen LogP contribution in [0.3, 0.4) is 0 Å². The van der Waals surface area contributed by atoms with Gasteiger partial charge in [-0.05, 0) is 36.1 Å². The Morgan fingerprint density at radius 2 is 1.80 bits per heavy atom. The highest BCUT2D eigenvalue weighted by molar-refractivity contribution is 9.11. The lowest BCUT2D eigenvalue weighted by atomic mass is 10.2. The van der Waals surface area contributed by atoms with Crippen molar-refractivity contribution in [3.8, 4) is 0 Å². The summed E-state index contributed by atoms with van der Waals surface area (Å²) >= 11 is 8.50. The highest BCUT2D eigenvalue weighted by Crippen LogP contribution is 2.27. The Bertz CT molecular complexity index is 611. The lowest BCUT2D eigenvalue weighted by Gasteiger charge is -2.10. The average molecular weight is 415 g/mol. The van der Waals surface area contributed by atoms with E-state index in [1.807, 2.05) is 30.3 Å². The predicted molar refractivity (Wildman–Crippen MR) is 92.6 cm³/mol. The maximum Gasteiger partial charge on any atom is 0.255 e. The van der Waals surface area contributed by atoms with Crippen molar-refractivity contribution >= 4 is 55.2 Å². The molecule has 2 aromatic rings. The van der Waals surface area contributed by atoms with Gasteiger partial charge in [0.2, 0.25) is 0 Å². The summed E-state index contributed by atoms with van der Waals surface area (Å²) in [6.07, 6.45) is 0. The van der Waals surface area contributed by atoms with Gasteiger partial charge in [-0.15, -0.1) is 11.8 Å². The molecule has 0 aromatic heterocycles. The van der Waals surface area contributed by atoms with Crippen LogP contribution in [0.25, 0.3) is 0 Å². The Kier molecular flexibility index (Phi) is 5.69. The topological polar surface area (TPSA) is 29.1 Å². The van der Waals surface area contributed by atoms with E-state index in [0.717, 1.165) is 25.3 Å². The Morgan fingerprint density at radius 1 is 1.15 bits per heavy atom. The molecule has 1 N–H and O–H groups in total. The normalized spacial score (nSPS) is 10.3. The highest BCUT2D eigenvalue weighted by Gasteiger charge is 2.10. The summed E-state index contributed by atoms with van der Waals surface area (Å²) in [6.45, 7) is 2.09. The van der Waals surface area contributed by atoms with Gasteiger partial charge < -0.3 is 5.32 Å². The molecule has 104 valence electrons. The fraction of sp³-hybridized carbons (Fsp3) is 0.133. The predicted octanol–water partition coefficient (Wildman–Crippen LogP) is 5.58. The summed E-state index contributed by atoms with van der Waals surface area (Å²) in [7, 11) is 0. The fourth-order valence-electron chi connectivity index (χ4n) is 1.73. The number of amides is 1. The fourth-order valence-corrected chi connectivity index (χ4v) is 3.78. The maximum atomic E-state index is 12.3. The van der Waals surface area contributed by atoms with E-state index < -0.39 is 0 Å². The number of carbonyl (C=O) groups is 1. The molecule has 2 rings (SSSR count). The van der Waals surface area contributed by atoms with Gasteiger partial charge in [0, 0.05) is 19.4 Å². The van der Waals surface area contributed by atoms with Crippen LogP contribution in [0, 0.1) is 0 Å². The average Bonchev–Trinajstić information content (AvgIpc) is 2.40. The maximum absolute atomic E-state index is 12.3. The second-order valence-corrected chi connectivity index (χ2v) is 7.18. The summed E-state index contributed by atoms with van der Waals surface area (Å²) in [5.74, 6) is 0.853. The van der Waals surface area contributed by atoms with Crippen LogP contribution in [0.15, 0.2) is 56.3 Å². The van der Waals surface area contributed by atoms with Crippen LogP contribution in [0.2, 0.25) is 0 Å². The third-order valence-electron chi connectivity index (χ3n) is 2.56. The number of para-hydroxylation sites is 1. The quantitative estimate of drug-likeness (QED) is 0.662. The van der Waals surface area contributed by atoms with Crippen molar-refractivity contribution in [3.63, 3.8) is 0 Å². The lowest BCUT2D eigenvalue weighted by Crippen LogP contribution is -2.12. The van der Waals surface area contributed by atoms with Crippen LogP contribution < -0.4 is 5.32 Å². The minimum atomic E-state index is -0.115. The van der Waals surface area contributed by atoms with Gasteiger partial charge in [0.1, 0.15) is 0 Å². The van der Waals surface area contributed by atoms with Gasteiger partial charge in [-0.3, -0.25) is 4.79 Å². The van der Waals surface area contributed by atoms with Crippen molar-refractivity contribution in [2.75, 3.05) is 11.1 Å². The van der Waals surface area contributed by atoms with Crippen molar-refractivity contribution in [1.29, 1.82) is 0 Å². The van der Waals surface area contributed by atoms with Gasteiger partial charge in [-0.1, -0.05) is 50.9 Å². The third kappa shape index (κ3) is 4.11. The monoisotopic (exact) mass is 413 g/mol. The molecule has 0 bridgehead atoms. The Morgan fingerprint density at radius 3 is 2.45 bits per heavy atom. The van der Waals surface area contributed by atoms with Gasteiger partial charge in [-0.25, -0.2) is 0 Å². The Labute approximate surface area is 139 Å². The van der Waals surface area contributed by atoms with E-state index in [2.05, 4.69) is 44.1 Å². The molecule has 0 saturated heterocycles. The summed E-state index contributed by atoms with van der Waals surface area (Å²) in [5, 5.41) is 2.96. The molecule has 0 fully saturated rings. The largest absolute Gasteiger partial charge is 0.321 e. The first-order valence-corrected chi connectivity index (χ1v) is 8.66. The number of nitrogens with one attached hydrogen (secondary N) is 1. The van der Waals surface area contributed by atoms with E-state index in [9.17, 15) is 4.79 Å². The first-order chi connectivity index (χ1) is 9.60. The van der Waals surface area contributed by atoms with Crippen LogP contribution in [-0.2, 0) is 0 Å². The molecular weight excluding hydrogens is 402 g/mol. The molecule has 0 aliphatic carbocycles. The molecule has 1 amide bonds. The number of thioether (sulfide) groups is 1. The van der Waals surface area contributed by atoms with E-state index in [0.29, 0.717) is 5.56 Å². The molecular formula is C15H13Br2NOS. The third-order valence-corrected chi connectivity index (χ3v) is 4.43. The van der Waals surface area contributed by atoms with Crippen LogP contribution in [0.5, 0.6) is 0 Å². The zero-order valence-corrected chi connectivity index (χ0v) is 14.8. The van der Waals surface area contributed by atoms with E-state index in [1.54, 1.807) is 23.9 Å². The molecule has 0 spiro atoms. The number of benzene rings is 2. The van der Waals surface area contributed by atoms with Gasteiger partial charge in [-0.2, -0.15) is 0 Å². The van der Waals surface area contributed by atoms with E-state index in [1.165, 1.54) is 0 Å². The molecule has 0 atom stereocenters. The number of rotatable bonds is 4. The minimum absolute atomic E-state index is 0.115. The van der Waals surface area contributed by atoms with E-state index in [4.69, 9.17) is 0 Å².